The second kappa shape index (κ2) is 28.2. The fourth-order valence-electron chi connectivity index (χ4n) is 7.86. The molecule has 9 rings (SSSR count). The summed E-state index contributed by atoms with van der Waals surface area (Å²) in [5, 5.41) is 0. The van der Waals surface area contributed by atoms with E-state index in [1.165, 1.54) is 154 Å². The molecule has 0 heterocycles. The van der Waals surface area contributed by atoms with Crippen molar-refractivity contribution >= 4 is 27.2 Å². The van der Waals surface area contributed by atoms with Gasteiger partial charge in [0.25, 0.3) is 0 Å². The molecule has 9 aliphatic carbocycles. The average Bonchev–Trinajstić information content (AvgIpc) is 3.87. The Morgan fingerprint density at radius 2 is 0.476 bits per heavy atom. The van der Waals surface area contributed by atoms with Crippen molar-refractivity contribution in [3.05, 3.63) is 23.7 Å². The summed E-state index contributed by atoms with van der Waals surface area (Å²) in [6, 6.07) is 0. The first-order valence-corrected chi connectivity index (χ1v) is 16.3. The quantitative estimate of drug-likeness (QED) is 0.243. The summed E-state index contributed by atoms with van der Waals surface area (Å²) in [7, 11) is 0. The molecule has 9 aliphatic rings. The molecule has 0 N–H and O–H groups in total. The van der Waals surface area contributed by atoms with Crippen LogP contribution in [0.4, 0.5) is 0 Å². The molecule has 0 aliphatic heterocycles. The summed E-state index contributed by atoms with van der Waals surface area (Å²) in [5.74, 6) is 12.0. The van der Waals surface area contributed by atoms with Crippen LogP contribution in [0.2, 0.25) is 0 Å². The van der Waals surface area contributed by atoms with Gasteiger partial charge in [-0.05, 0) is 0 Å². The molecular formula is C36H60Cr2O4. The molecule has 0 radical (unpaired) electrons. The topological polar surface area (TPSA) is 68.3 Å². The van der Waals surface area contributed by atoms with Crippen LogP contribution >= 0.6 is 0 Å². The summed E-state index contributed by atoms with van der Waals surface area (Å²) in [5.41, 5.74) is 0. The van der Waals surface area contributed by atoms with Gasteiger partial charge in [-0.3, -0.25) is 0 Å². The maximum Gasteiger partial charge on any atom is 4.00 e. The molecule has 8 bridgehead atoms. The maximum atomic E-state index is 8.00. The van der Waals surface area contributed by atoms with E-state index in [-0.39, 0.29) is 34.7 Å². The molecule has 42 heavy (non-hydrogen) atoms. The Labute approximate surface area is 281 Å². The van der Waals surface area contributed by atoms with Crippen molar-refractivity contribution in [3.63, 3.8) is 0 Å². The summed E-state index contributed by atoms with van der Waals surface area (Å²) in [6.45, 7) is 8.00. The zero-order valence-corrected chi connectivity index (χ0v) is 29.1. The molecule has 9 saturated carbocycles. The van der Waals surface area contributed by atoms with Crippen molar-refractivity contribution < 1.29 is 53.9 Å². The van der Waals surface area contributed by atoms with Crippen LogP contribution in [0.1, 0.15) is 154 Å². The van der Waals surface area contributed by atoms with Crippen LogP contribution in [0.5, 0.6) is 0 Å². The molecule has 0 aromatic heterocycles. The number of carbonyl (C=O) groups excluding carboxylic acids is 4. The third-order valence-electron chi connectivity index (χ3n) is 10.6. The van der Waals surface area contributed by atoms with Crippen molar-refractivity contribution in [3.8, 4) is 0 Å². The zero-order chi connectivity index (χ0) is 29.6. The molecule has 0 saturated heterocycles. The summed E-state index contributed by atoms with van der Waals surface area (Å²) < 4.78 is 0. The second-order valence-corrected chi connectivity index (χ2v) is 13.0. The van der Waals surface area contributed by atoms with E-state index in [1.807, 2.05) is 50.8 Å². The van der Waals surface area contributed by atoms with Crippen molar-refractivity contribution in [1.82, 2.24) is 0 Å². The van der Waals surface area contributed by atoms with Crippen LogP contribution in [0, 0.1) is 47.3 Å². The third-order valence-corrected chi connectivity index (χ3v) is 10.6. The summed E-state index contributed by atoms with van der Waals surface area (Å²) in [4.78, 5) is 32.0. The molecule has 0 spiro atoms. The van der Waals surface area contributed by atoms with E-state index in [2.05, 4.69) is 0 Å². The number of fused-ring (bicyclic) bond motifs is 8. The van der Waals surface area contributed by atoms with Gasteiger partial charge in [0.1, 0.15) is 27.2 Å². The van der Waals surface area contributed by atoms with Crippen LogP contribution in [0.15, 0.2) is 0 Å². The predicted molar refractivity (Wildman–Crippen MR) is 166 cm³/mol. The van der Waals surface area contributed by atoms with E-state index in [0.29, 0.717) is 0 Å². The molecule has 6 heteroatoms. The molecule has 9 fully saturated rings. The zero-order valence-electron chi connectivity index (χ0n) is 26.6. The van der Waals surface area contributed by atoms with Gasteiger partial charge in [0.05, 0.1) is 0 Å². The van der Waals surface area contributed by atoms with Gasteiger partial charge in [-0.1, -0.05) is 101 Å². The van der Waals surface area contributed by atoms with Crippen LogP contribution in [0.3, 0.4) is 0 Å². The first-order chi connectivity index (χ1) is 19.8. The summed E-state index contributed by atoms with van der Waals surface area (Å²) >= 11 is 0. The van der Waals surface area contributed by atoms with Gasteiger partial charge in [-0.2, -0.15) is 77.0 Å². The Hall–Kier alpha value is -0.255. The predicted octanol–water partition coefficient (Wildman–Crippen LogP) is 9.43. The van der Waals surface area contributed by atoms with Gasteiger partial charge in [-0.15, -0.1) is 0 Å². The number of carbonyl (C=O) groups is 4. The Morgan fingerprint density at radius 1 is 0.333 bits per heavy atom. The number of rotatable bonds is 0. The Kier molecular flexibility index (Phi) is 29.5. The average molecular weight is 661 g/mol. The van der Waals surface area contributed by atoms with Gasteiger partial charge in [0, 0.05) is 17.4 Å². The van der Waals surface area contributed by atoms with Crippen molar-refractivity contribution in [2.24, 2.45) is 23.7 Å². The first kappa shape index (κ1) is 43.9. The fourth-order valence-corrected chi connectivity index (χ4v) is 7.86. The van der Waals surface area contributed by atoms with E-state index in [9.17, 15) is 0 Å². The first-order valence-electron chi connectivity index (χ1n) is 16.3. The molecule has 0 amide bonds. The van der Waals surface area contributed by atoms with Crippen molar-refractivity contribution in [2.45, 2.75) is 154 Å². The molecule has 0 aromatic rings. The van der Waals surface area contributed by atoms with Crippen LogP contribution in [0.25, 0.3) is 0 Å². The van der Waals surface area contributed by atoms with Crippen LogP contribution < -0.4 is 0 Å². The fraction of sp³-hybridized carbons (Fsp3) is 0.778. The largest absolute Gasteiger partial charge is 4.00 e. The minimum Gasteiger partial charge on any atom is -0.313 e. The van der Waals surface area contributed by atoms with Gasteiger partial charge in [-0.25, -0.2) is 0 Å². The van der Waals surface area contributed by atoms with Gasteiger partial charge in [0.2, 0.25) is 0 Å². The van der Waals surface area contributed by atoms with E-state index >= 15 is 0 Å². The normalized spacial score (nSPS) is 24.4. The van der Waals surface area contributed by atoms with Gasteiger partial charge >= 0.3 is 17.4 Å². The second-order valence-electron chi connectivity index (χ2n) is 13.0. The number of hydrogen-bond acceptors (Lipinski definition) is 4. The van der Waals surface area contributed by atoms with E-state index in [1.54, 1.807) is 0 Å². The molecule has 240 valence electrons. The SMILES string of the molecule is C1CC2CC[C-]1C2.C1CC2CC[C-]1C2.C1CC2CC[C-]1C2.C1CC2CC[C-]1C2.C1CCC1.C=O.C=O.C=O.C=O.[Cr+4].[Cr]. The Bertz CT molecular complexity index is 447. The summed E-state index contributed by atoms with van der Waals surface area (Å²) in [6.07, 6.45) is 36.0. The number of hydrogen-bond donors (Lipinski definition) is 0. The Morgan fingerprint density at radius 3 is 0.500 bits per heavy atom. The minimum absolute atomic E-state index is 0. The molecule has 0 unspecified atom stereocenters. The molecule has 4 nitrogen and oxygen atoms in total. The molecule has 0 atom stereocenters. The van der Waals surface area contributed by atoms with Crippen LogP contribution in [-0.4, -0.2) is 27.2 Å². The van der Waals surface area contributed by atoms with E-state index < -0.39 is 0 Å². The smallest absolute Gasteiger partial charge is 0.313 e. The maximum absolute atomic E-state index is 8.00. The van der Waals surface area contributed by atoms with Crippen LogP contribution in [-0.2, 0) is 53.9 Å². The minimum atomic E-state index is 0. The van der Waals surface area contributed by atoms with Gasteiger partial charge < -0.3 is 42.8 Å². The van der Waals surface area contributed by atoms with E-state index in [4.69, 9.17) is 19.2 Å². The standard InChI is InChI=1S/4C7H11.C4H8.4CH2O.2Cr/c4*1-2-7-4-3-6(1)5-7;1-2-4-3-1;4*1-2;;/h4*6H,1-5H2;1-4H2;4*1H2;;/q4*-1;;;;;;;+4. The van der Waals surface area contributed by atoms with Gasteiger partial charge in [0.15, 0.2) is 0 Å². The van der Waals surface area contributed by atoms with Crippen molar-refractivity contribution in [2.75, 3.05) is 0 Å². The Balaban J connectivity index is 0. The molecular weight excluding hydrogens is 600 g/mol. The van der Waals surface area contributed by atoms with Crippen molar-refractivity contribution in [1.29, 1.82) is 0 Å². The van der Waals surface area contributed by atoms with E-state index in [0.717, 1.165) is 23.7 Å². The third kappa shape index (κ3) is 16.7. The monoisotopic (exact) mass is 660 g/mol. The molecule has 0 aromatic carbocycles.